The lowest BCUT2D eigenvalue weighted by atomic mass is 9.90. The highest BCUT2D eigenvalue weighted by molar-refractivity contribution is 5.72. The van der Waals surface area contributed by atoms with Crippen LogP contribution in [0.15, 0.2) is 0 Å². The summed E-state index contributed by atoms with van der Waals surface area (Å²) in [6, 6.07) is 0. The summed E-state index contributed by atoms with van der Waals surface area (Å²) in [6.07, 6.45) is 8.57. The number of carbonyl (C=O) groups is 1. The van der Waals surface area contributed by atoms with Crippen LogP contribution in [-0.4, -0.2) is 25.7 Å². The topological polar surface area (TPSA) is 38.3 Å². The van der Waals surface area contributed by atoms with E-state index in [9.17, 15) is 4.79 Å². The molecular weight excluding hydrogens is 202 g/mol. The summed E-state index contributed by atoms with van der Waals surface area (Å²) in [5.74, 6) is 0.768. The summed E-state index contributed by atoms with van der Waals surface area (Å²) < 4.78 is 5.44. The lowest BCUT2D eigenvalue weighted by Gasteiger charge is -2.24. The normalized spacial score (nSPS) is 27.6. The van der Waals surface area contributed by atoms with Crippen molar-refractivity contribution in [3.63, 3.8) is 0 Å². The Morgan fingerprint density at radius 1 is 1.12 bits per heavy atom. The molecule has 1 saturated heterocycles. The van der Waals surface area contributed by atoms with Crippen molar-refractivity contribution in [2.24, 2.45) is 11.8 Å². The first-order valence-corrected chi connectivity index (χ1v) is 6.73. The van der Waals surface area contributed by atoms with E-state index in [4.69, 9.17) is 4.74 Å². The average molecular weight is 225 g/mol. The van der Waals surface area contributed by atoms with E-state index >= 15 is 0 Å². The maximum atomic E-state index is 11.8. The molecule has 0 aromatic carbocycles. The molecule has 1 atom stereocenters. The molecule has 3 nitrogen and oxygen atoms in total. The van der Waals surface area contributed by atoms with Gasteiger partial charge >= 0.3 is 5.97 Å². The largest absolute Gasteiger partial charge is 0.465 e. The zero-order valence-electron chi connectivity index (χ0n) is 10.0. The second-order valence-electron chi connectivity index (χ2n) is 5.18. The lowest BCUT2D eigenvalue weighted by Crippen LogP contribution is -2.36. The molecule has 1 heterocycles. The smallest absolute Gasteiger partial charge is 0.310 e. The number of hydrogen-bond acceptors (Lipinski definition) is 3. The molecule has 1 saturated carbocycles. The Hall–Kier alpha value is -0.570. The van der Waals surface area contributed by atoms with E-state index in [0.29, 0.717) is 12.5 Å². The second-order valence-corrected chi connectivity index (χ2v) is 5.18. The standard InChI is InChI=1S/C13H23NO2/c15-13(12-7-4-8-14-9-12)16-10-11-5-2-1-3-6-11/h11-12,14H,1-10H2. The quantitative estimate of drug-likeness (QED) is 0.748. The molecule has 1 unspecified atom stereocenters. The summed E-state index contributed by atoms with van der Waals surface area (Å²) in [7, 11) is 0. The van der Waals surface area contributed by atoms with E-state index in [0.717, 1.165) is 25.9 Å². The predicted molar refractivity (Wildman–Crippen MR) is 63.1 cm³/mol. The summed E-state index contributed by atoms with van der Waals surface area (Å²) in [6.45, 7) is 2.52. The van der Waals surface area contributed by atoms with Crippen LogP contribution in [0.2, 0.25) is 0 Å². The lowest BCUT2D eigenvalue weighted by molar-refractivity contribution is -0.150. The van der Waals surface area contributed by atoms with Gasteiger partial charge in [0.15, 0.2) is 0 Å². The van der Waals surface area contributed by atoms with Gasteiger partial charge in [0.25, 0.3) is 0 Å². The van der Waals surface area contributed by atoms with Crippen LogP contribution in [0, 0.1) is 11.8 Å². The van der Waals surface area contributed by atoms with Crippen molar-refractivity contribution in [3.8, 4) is 0 Å². The Morgan fingerprint density at radius 2 is 1.94 bits per heavy atom. The van der Waals surface area contributed by atoms with Gasteiger partial charge in [0, 0.05) is 6.54 Å². The fourth-order valence-corrected chi connectivity index (χ4v) is 2.72. The van der Waals surface area contributed by atoms with Crippen molar-refractivity contribution in [2.75, 3.05) is 19.7 Å². The van der Waals surface area contributed by atoms with Gasteiger partial charge in [-0.05, 0) is 38.1 Å². The summed E-state index contributed by atoms with van der Waals surface area (Å²) in [5, 5.41) is 3.25. The van der Waals surface area contributed by atoms with E-state index in [1.165, 1.54) is 32.1 Å². The second kappa shape index (κ2) is 6.24. The van der Waals surface area contributed by atoms with Crippen molar-refractivity contribution < 1.29 is 9.53 Å². The number of rotatable bonds is 3. The number of carbonyl (C=O) groups excluding carboxylic acids is 1. The summed E-state index contributed by atoms with van der Waals surface area (Å²) >= 11 is 0. The zero-order chi connectivity index (χ0) is 11.2. The minimum atomic E-state index is 0.0257. The predicted octanol–water partition coefficient (Wildman–Crippen LogP) is 2.11. The fraction of sp³-hybridized carbons (Fsp3) is 0.923. The Labute approximate surface area is 97.9 Å². The highest BCUT2D eigenvalue weighted by atomic mass is 16.5. The molecule has 0 bridgehead atoms. The van der Waals surface area contributed by atoms with Crippen molar-refractivity contribution >= 4 is 5.97 Å². The summed E-state index contributed by atoms with van der Waals surface area (Å²) in [5.41, 5.74) is 0. The molecule has 2 rings (SSSR count). The molecular formula is C13H23NO2. The highest BCUT2D eigenvalue weighted by Crippen LogP contribution is 2.24. The van der Waals surface area contributed by atoms with Crippen LogP contribution in [-0.2, 0) is 9.53 Å². The third kappa shape index (κ3) is 3.48. The molecule has 92 valence electrons. The minimum Gasteiger partial charge on any atom is -0.465 e. The van der Waals surface area contributed by atoms with Gasteiger partial charge in [0.05, 0.1) is 12.5 Å². The SMILES string of the molecule is O=C(OCC1CCCCC1)C1CCCNC1. The Balaban J connectivity index is 1.65. The number of ether oxygens (including phenoxy) is 1. The van der Waals surface area contributed by atoms with Gasteiger partial charge in [-0.15, -0.1) is 0 Å². The highest BCUT2D eigenvalue weighted by Gasteiger charge is 2.23. The van der Waals surface area contributed by atoms with Crippen molar-refractivity contribution in [1.82, 2.24) is 5.32 Å². The minimum absolute atomic E-state index is 0.0257. The van der Waals surface area contributed by atoms with Gasteiger partial charge < -0.3 is 10.1 Å². The first-order chi connectivity index (χ1) is 7.86. The molecule has 1 aliphatic heterocycles. The van der Waals surface area contributed by atoms with Gasteiger partial charge in [-0.3, -0.25) is 4.79 Å². The van der Waals surface area contributed by atoms with E-state index in [2.05, 4.69) is 5.32 Å². The Kier molecular flexibility index (Phi) is 4.64. The molecule has 2 aliphatic rings. The monoisotopic (exact) mass is 225 g/mol. The van der Waals surface area contributed by atoms with Gasteiger partial charge in [-0.1, -0.05) is 19.3 Å². The van der Waals surface area contributed by atoms with Gasteiger partial charge in [-0.2, -0.15) is 0 Å². The first-order valence-electron chi connectivity index (χ1n) is 6.73. The molecule has 0 aromatic rings. The molecule has 0 spiro atoms. The zero-order valence-corrected chi connectivity index (χ0v) is 10.0. The van der Waals surface area contributed by atoms with Crippen LogP contribution in [0.5, 0.6) is 0 Å². The number of nitrogens with one attached hydrogen (secondary N) is 1. The van der Waals surface area contributed by atoms with Crippen molar-refractivity contribution in [1.29, 1.82) is 0 Å². The van der Waals surface area contributed by atoms with Crippen LogP contribution < -0.4 is 5.32 Å². The van der Waals surface area contributed by atoms with Crippen LogP contribution in [0.1, 0.15) is 44.9 Å². The third-order valence-electron chi connectivity index (χ3n) is 3.82. The average Bonchev–Trinajstić information content (AvgIpc) is 2.38. The maximum absolute atomic E-state index is 11.8. The van der Waals surface area contributed by atoms with Gasteiger partial charge in [0.2, 0.25) is 0 Å². The molecule has 0 amide bonds. The number of piperidine rings is 1. The third-order valence-corrected chi connectivity index (χ3v) is 3.82. The van der Waals surface area contributed by atoms with Crippen molar-refractivity contribution in [3.05, 3.63) is 0 Å². The van der Waals surface area contributed by atoms with E-state index in [1.54, 1.807) is 0 Å². The van der Waals surface area contributed by atoms with Crippen LogP contribution >= 0.6 is 0 Å². The Bertz CT molecular complexity index is 218. The van der Waals surface area contributed by atoms with Crippen LogP contribution in [0.25, 0.3) is 0 Å². The summed E-state index contributed by atoms with van der Waals surface area (Å²) in [4.78, 5) is 11.8. The maximum Gasteiger partial charge on any atom is 0.310 e. The molecule has 1 aliphatic carbocycles. The van der Waals surface area contributed by atoms with Crippen LogP contribution in [0.3, 0.4) is 0 Å². The van der Waals surface area contributed by atoms with E-state index in [-0.39, 0.29) is 11.9 Å². The Morgan fingerprint density at radius 3 is 2.62 bits per heavy atom. The number of hydrogen-bond donors (Lipinski definition) is 1. The van der Waals surface area contributed by atoms with E-state index < -0.39 is 0 Å². The fourth-order valence-electron chi connectivity index (χ4n) is 2.72. The first kappa shape index (κ1) is 11.9. The van der Waals surface area contributed by atoms with Gasteiger partial charge in [0.1, 0.15) is 0 Å². The molecule has 0 aromatic heterocycles. The molecule has 0 radical (unpaired) electrons. The molecule has 3 heteroatoms. The molecule has 16 heavy (non-hydrogen) atoms. The van der Waals surface area contributed by atoms with Crippen LogP contribution in [0.4, 0.5) is 0 Å². The molecule has 1 N–H and O–H groups in total. The van der Waals surface area contributed by atoms with Crippen molar-refractivity contribution in [2.45, 2.75) is 44.9 Å². The molecule has 2 fully saturated rings. The van der Waals surface area contributed by atoms with E-state index in [1.807, 2.05) is 0 Å². The van der Waals surface area contributed by atoms with Gasteiger partial charge in [-0.25, -0.2) is 0 Å². The number of esters is 1.